The van der Waals surface area contributed by atoms with Gasteiger partial charge in [0.25, 0.3) is 0 Å². The fourth-order valence-electron chi connectivity index (χ4n) is 2.13. The number of hydrogen-bond donors (Lipinski definition) is 2. The van der Waals surface area contributed by atoms with Crippen molar-refractivity contribution in [2.24, 2.45) is 0 Å². The Morgan fingerprint density at radius 2 is 1.73 bits per heavy atom. The van der Waals surface area contributed by atoms with Crippen LogP contribution in [0, 0.1) is 0 Å². The molecule has 1 unspecified atom stereocenters. The number of ether oxygens (including phenoxy) is 1. The third-order valence-electron chi connectivity index (χ3n) is 3.24. The molecule has 0 bridgehead atoms. The van der Waals surface area contributed by atoms with E-state index in [1.807, 2.05) is 30.3 Å². The van der Waals surface area contributed by atoms with E-state index in [-0.39, 0.29) is 0 Å². The Hall–Kier alpha value is -2.82. The second-order valence-corrected chi connectivity index (χ2v) is 4.76. The summed E-state index contributed by atoms with van der Waals surface area (Å²) in [5.41, 5.74) is 1.65. The minimum atomic E-state index is -0.983. The van der Waals surface area contributed by atoms with E-state index in [0.29, 0.717) is 17.7 Å². The van der Waals surface area contributed by atoms with Gasteiger partial charge in [-0.1, -0.05) is 42.5 Å². The van der Waals surface area contributed by atoms with Crippen molar-refractivity contribution in [3.63, 3.8) is 0 Å². The quantitative estimate of drug-likeness (QED) is 0.802. The zero-order valence-electron chi connectivity index (χ0n) is 12.2. The van der Waals surface area contributed by atoms with Crippen LogP contribution in [0.5, 0.6) is 0 Å². The maximum atomic E-state index is 11.7. The minimum Gasteiger partial charge on any atom is -0.480 e. The lowest BCUT2D eigenvalue weighted by Gasteiger charge is -2.17. The lowest BCUT2D eigenvalue weighted by Crippen LogP contribution is -2.32. The van der Waals surface area contributed by atoms with E-state index in [0.717, 1.165) is 5.56 Å². The Morgan fingerprint density at radius 1 is 1.09 bits per heavy atom. The van der Waals surface area contributed by atoms with Gasteiger partial charge in [-0.2, -0.15) is 0 Å². The summed E-state index contributed by atoms with van der Waals surface area (Å²) in [5, 5.41) is 12.3. The maximum absolute atomic E-state index is 11.7. The van der Waals surface area contributed by atoms with Crippen LogP contribution < -0.4 is 5.32 Å². The van der Waals surface area contributed by atoms with Gasteiger partial charge < -0.3 is 15.2 Å². The maximum Gasteiger partial charge on any atom is 0.339 e. The van der Waals surface area contributed by atoms with Crippen LogP contribution in [0.3, 0.4) is 0 Å². The largest absolute Gasteiger partial charge is 0.480 e. The van der Waals surface area contributed by atoms with Gasteiger partial charge in [0, 0.05) is 12.1 Å². The van der Waals surface area contributed by atoms with Gasteiger partial charge in [-0.15, -0.1) is 0 Å². The lowest BCUT2D eigenvalue weighted by molar-refractivity contribution is -0.137. The van der Waals surface area contributed by atoms with Crippen LogP contribution in [0.1, 0.15) is 15.9 Å². The Balaban J connectivity index is 2.22. The Kier molecular flexibility index (Phi) is 5.14. The van der Waals surface area contributed by atoms with Crippen molar-refractivity contribution in [3.05, 3.63) is 65.7 Å². The second kappa shape index (κ2) is 7.26. The molecule has 2 aromatic rings. The highest BCUT2D eigenvalue weighted by atomic mass is 16.5. The van der Waals surface area contributed by atoms with Gasteiger partial charge in [-0.05, 0) is 17.7 Å². The standard InChI is InChI=1S/C17H17NO4/c1-22-17(21)13-9-5-6-10-14(13)18-15(16(19)20)11-12-7-3-2-4-8-12/h2-10,15,18H,11H2,1H3,(H,19,20). The molecule has 1 atom stereocenters. The van der Waals surface area contributed by atoms with Crippen LogP contribution >= 0.6 is 0 Å². The first kappa shape index (κ1) is 15.6. The number of esters is 1. The third kappa shape index (κ3) is 3.85. The number of carbonyl (C=O) groups is 2. The van der Waals surface area contributed by atoms with E-state index in [4.69, 9.17) is 4.74 Å². The molecule has 5 heteroatoms. The predicted molar refractivity (Wildman–Crippen MR) is 83.0 cm³/mol. The molecule has 2 rings (SSSR count). The first-order chi connectivity index (χ1) is 10.6. The molecule has 0 amide bonds. The molecule has 0 aliphatic rings. The number of carboxylic acid groups (broad SMARTS) is 1. The fraction of sp³-hybridized carbons (Fsp3) is 0.176. The van der Waals surface area contributed by atoms with Crippen LogP contribution in [0.4, 0.5) is 5.69 Å². The molecule has 0 spiro atoms. The molecular formula is C17H17NO4. The van der Waals surface area contributed by atoms with Gasteiger partial charge in [0.2, 0.25) is 0 Å². The molecule has 22 heavy (non-hydrogen) atoms. The van der Waals surface area contributed by atoms with Crippen LogP contribution in [0.15, 0.2) is 54.6 Å². The number of hydrogen-bond acceptors (Lipinski definition) is 4. The van der Waals surface area contributed by atoms with Gasteiger partial charge >= 0.3 is 11.9 Å². The Labute approximate surface area is 128 Å². The average molecular weight is 299 g/mol. The van der Waals surface area contributed by atoms with Crippen molar-refractivity contribution < 1.29 is 19.4 Å². The first-order valence-corrected chi connectivity index (χ1v) is 6.82. The topological polar surface area (TPSA) is 75.6 Å². The van der Waals surface area contributed by atoms with Crippen LogP contribution in [0.2, 0.25) is 0 Å². The number of methoxy groups -OCH3 is 1. The van der Waals surface area contributed by atoms with Gasteiger partial charge in [-0.25, -0.2) is 9.59 Å². The number of anilines is 1. The smallest absolute Gasteiger partial charge is 0.339 e. The summed E-state index contributed by atoms with van der Waals surface area (Å²) in [5.74, 6) is -1.49. The lowest BCUT2D eigenvalue weighted by atomic mass is 10.0. The summed E-state index contributed by atoms with van der Waals surface area (Å²) in [6.45, 7) is 0. The fourth-order valence-corrected chi connectivity index (χ4v) is 2.13. The molecule has 0 aliphatic carbocycles. The van der Waals surface area contributed by atoms with E-state index in [1.165, 1.54) is 7.11 Å². The molecule has 0 saturated carbocycles. The summed E-state index contributed by atoms with van der Waals surface area (Å²) in [7, 11) is 1.29. The van der Waals surface area contributed by atoms with Gasteiger partial charge in [0.05, 0.1) is 12.7 Å². The second-order valence-electron chi connectivity index (χ2n) is 4.76. The summed E-state index contributed by atoms with van der Waals surface area (Å²) < 4.78 is 4.71. The zero-order valence-corrected chi connectivity index (χ0v) is 12.2. The highest BCUT2D eigenvalue weighted by Gasteiger charge is 2.20. The summed E-state index contributed by atoms with van der Waals surface area (Å²) in [4.78, 5) is 23.2. The third-order valence-corrected chi connectivity index (χ3v) is 3.24. The molecule has 2 N–H and O–H groups in total. The number of carbonyl (C=O) groups excluding carboxylic acids is 1. The van der Waals surface area contributed by atoms with E-state index < -0.39 is 18.0 Å². The SMILES string of the molecule is COC(=O)c1ccccc1NC(Cc1ccccc1)C(=O)O. The van der Waals surface area contributed by atoms with E-state index >= 15 is 0 Å². The minimum absolute atomic E-state index is 0.310. The number of para-hydroxylation sites is 1. The molecule has 0 saturated heterocycles. The molecule has 0 aromatic heterocycles. The van der Waals surface area contributed by atoms with Crippen LogP contribution in [0.25, 0.3) is 0 Å². The number of aliphatic carboxylic acids is 1. The van der Waals surface area contributed by atoms with Crippen molar-refractivity contribution in [1.29, 1.82) is 0 Å². The number of benzene rings is 2. The summed E-state index contributed by atoms with van der Waals surface area (Å²) in [6, 6.07) is 15.2. The van der Waals surface area contributed by atoms with Gasteiger partial charge in [0.1, 0.15) is 6.04 Å². The normalized spacial score (nSPS) is 11.5. The van der Waals surface area contributed by atoms with Crippen molar-refractivity contribution in [1.82, 2.24) is 0 Å². The number of rotatable bonds is 6. The molecular weight excluding hydrogens is 282 g/mol. The predicted octanol–water partition coefficient (Wildman–Crippen LogP) is 2.58. The van der Waals surface area contributed by atoms with Crippen molar-refractivity contribution in [2.75, 3.05) is 12.4 Å². The average Bonchev–Trinajstić information content (AvgIpc) is 2.55. The molecule has 0 aliphatic heterocycles. The first-order valence-electron chi connectivity index (χ1n) is 6.82. The summed E-state index contributed by atoms with van der Waals surface area (Å²) in [6.07, 6.45) is 0.311. The van der Waals surface area contributed by atoms with Gasteiger partial charge in [0.15, 0.2) is 0 Å². The van der Waals surface area contributed by atoms with Crippen LogP contribution in [-0.2, 0) is 16.0 Å². The van der Waals surface area contributed by atoms with Crippen molar-refractivity contribution in [3.8, 4) is 0 Å². The number of carboxylic acids is 1. The van der Waals surface area contributed by atoms with Crippen LogP contribution in [-0.4, -0.2) is 30.2 Å². The molecule has 0 heterocycles. The highest BCUT2D eigenvalue weighted by molar-refractivity contribution is 5.96. The molecule has 5 nitrogen and oxygen atoms in total. The monoisotopic (exact) mass is 299 g/mol. The molecule has 2 aromatic carbocycles. The molecule has 0 fully saturated rings. The van der Waals surface area contributed by atoms with E-state index in [9.17, 15) is 14.7 Å². The number of nitrogens with one attached hydrogen (secondary N) is 1. The molecule has 0 radical (unpaired) electrons. The highest BCUT2D eigenvalue weighted by Crippen LogP contribution is 2.18. The Bertz CT molecular complexity index is 655. The Morgan fingerprint density at radius 3 is 2.36 bits per heavy atom. The van der Waals surface area contributed by atoms with Crippen molar-refractivity contribution >= 4 is 17.6 Å². The molecule has 114 valence electrons. The summed E-state index contributed by atoms with van der Waals surface area (Å²) >= 11 is 0. The van der Waals surface area contributed by atoms with Crippen molar-refractivity contribution in [2.45, 2.75) is 12.5 Å². The van der Waals surface area contributed by atoms with Gasteiger partial charge in [-0.3, -0.25) is 0 Å². The van der Waals surface area contributed by atoms with E-state index in [2.05, 4.69) is 5.32 Å². The van der Waals surface area contributed by atoms with E-state index in [1.54, 1.807) is 24.3 Å². The zero-order chi connectivity index (χ0) is 15.9.